The lowest BCUT2D eigenvalue weighted by atomic mass is 10.0. The number of nitrogens with one attached hydrogen (secondary N) is 1. The zero-order chi connectivity index (χ0) is 18.4. The molecule has 0 saturated heterocycles. The minimum absolute atomic E-state index is 0.504. The van der Waals surface area contributed by atoms with Gasteiger partial charge in [-0.25, -0.2) is 4.98 Å². The van der Waals surface area contributed by atoms with E-state index in [4.69, 9.17) is 9.72 Å². The second kappa shape index (κ2) is 8.56. The van der Waals surface area contributed by atoms with Gasteiger partial charge in [-0.3, -0.25) is 0 Å². The molecular weight excluding hydrogens is 310 g/mol. The van der Waals surface area contributed by atoms with Gasteiger partial charge in [-0.2, -0.15) is 0 Å². The monoisotopic (exact) mass is 339 g/mol. The van der Waals surface area contributed by atoms with Crippen molar-refractivity contribution < 1.29 is 4.74 Å². The second-order valence-electron chi connectivity index (χ2n) is 6.49. The third-order valence-electron chi connectivity index (χ3n) is 3.99. The quantitative estimate of drug-likeness (QED) is 0.743. The third kappa shape index (κ3) is 4.53. The smallest absolute Gasteiger partial charge is 0.171 e. The van der Waals surface area contributed by atoms with Crippen LogP contribution in [-0.2, 0) is 6.61 Å². The summed E-state index contributed by atoms with van der Waals surface area (Å²) in [5.41, 5.74) is 4.23. The van der Waals surface area contributed by atoms with E-state index >= 15 is 0 Å². The minimum Gasteiger partial charge on any atom is -0.484 e. The summed E-state index contributed by atoms with van der Waals surface area (Å²) >= 11 is 0. The lowest BCUT2D eigenvalue weighted by Crippen LogP contribution is -2.16. The standard InChI is InChI=1S/C21H29N3O/c1-7-13-22-20-19(25-14-17-11-9-8-10-12-17)18(15(2)3)16(4)21(23-20)24(5)6/h8-12H,2,7,13-14H2,1,3-6H3,(H,22,23). The average molecular weight is 339 g/mol. The maximum absolute atomic E-state index is 6.22. The van der Waals surface area contributed by atoms with Gasteiger partial charge in [-0.15, -0.1) is 0 Å². The predicted octanol–water partition coefficient (Wildman–Crippen LogP) is 4.89. The van der Waals surface area contributed by atoms with E-state index in [2.05, 4.69) is 37.9 Å². The Bertz CT molecular complexity index is 724. The lowest BCUT2D eigenvalue weighted by Gasteiger charge is -2.23. The Morgan fingerprint density at radius 2 is 1.92 bits per heavy atom. The topological polar surface area (TPSA) is 37.4 Å². The number of allylic oxidation sites excluding steroid dienone is 1. The van der Waals surface area contributed by atoms with Crippen LogP contribution in [0.5, 0.6) is 5.75 Å². The van der Waals surface area contributed by atoms with Crippen molar-refractivity contribution in [1.29, 1.82) is 0 Å². The number of benzene rings is 1. The number of ether oxygens (including phenoxy) is 1. The van der Waals surface area contributed by atoms with Gasteiger partial charge in [0, 0.05) is 31.8 Å². The van der Waals surface area contributed by atoms with Crippen molar-refractivity contribution in [3.63, 3.8) is 0 Å². The molecule has 4 nitrogen and oxygen atoms in total. The molecule has 0 amide bonds. The molecule has 2 rings (SSSR count). The first-order valence-corrected chi connectivity index (χ1v) is 8.74. The number of anilines is 2. The van der Waals surface area contributed by atoms with Crippen LogP contribution in [0.3, 0.4) is 0 Å². The van der Waals surface area contributed by atoms with Gasteiger partial charge in [0.25, 0.3) is 0 Å². The highest BCUT2D eigenvalue weighted by molar-refractivity contribution is 5.79. The van der Waals surface area contributed by atoms with Gasteiger partial charge < -0.3 is 15.0 Å². The van der Waals surface area contributed by atoms with Crippen molar-refractivity contribution in [3.05, 3.63) is 53.6 Å². The Kier molecular flexibility index (Phi) is 6.45. The first-order valence-electron chi connectivity index (χ1n) is 8.74. The molecule has 0 fully saturated rings. The highest BCUT2D eigenvalue weighted by Gasteiger charge is 2.20. The molecule has 0 unspecified atom stereocenters. The fourth-order valence-corrected chi connectivity index (χ4v) is 2.82. The molecule has 0 atom stereocenters. The van der Waals surface area contributed by atoms with Gasteiger partial charge in [0.05, 0.1) is 0 Å². The summed E-state index contributed by atoms with van der Waals surface area (Å²) in [7, 11) is 4.01. The van der Waals surface area contributed by atoms with E-state index < -0.39 is 0 Å². The Hall–Kier alpha value is -2.49. The van der Waals surface area contributed by atoms with Crippen LogP contribution in [0, 0.1) is 6.92 Å². The maximum Gasteiger partial charge on any atom is 0.171 e. The molecule has 1 aromatic carbocycles. The van der Waals surface area contributed by atoms with Crippen LogP contribution < -0.4 is 15.0 Å². The number of rotatable bonds is 8. The first-order chi connectivity index (χ1) is 12.0. The molecule has 0 aliphatic carbocycles. The molecule has 0 spiro atoms. The molecule has 4 heteroatoms. The Morgan fingerprint density at radius 3 is 2.48 bits per heavy atom. The molecule has 2 aromatic rings. The van der Waals surface area contributed by atoms with Crippen LogP contribution in [0.1, 0.15) is 37.0 Å². The molecule has 0 aliphatic rings. The SMILES string of the molecule is C=C(C)c1c(C)c(N(C)C)nc(NCCC)c1OCc1ccccc1. The third-order valence-corrected chi connectivity index (χ3v) is 3.99. The normalized spacial score (nSPS) is 10.4. The largest absolute Gasteiger partial charge is 0.484 e. The van der Waals surface area contributed by atoms with E-state index in [-0.39, 0.29) is 0 Å². The van der Waals surface area contributed by atoms with Crippen LogP contribution in [0.2, 0.25) is 0 Å². The van der Waals surface area contributed by atoms with E-state index in [1.54, 1.807) is 0 Å². The van der Waals surface area contributed by atoms with Gasteiger partial charge >= 0.3 is 0 Å². The summed E-state index contributed by atoms with van der Waals surface area (Å²) in [6.07, 6.45) is 1.02. The molecule has 25 heavy (non-hydrogen) atoms. The second-order valence-corrected chi connectivity index (χ2v) is 6.49. The van der Waals surface area contributed by atoms with Gasteiger partial charge in [0.2, 0.25) is 0 Å². The number of aromatic nitrogens is 1. The van der Waals surface area contributed by atoms with Crippen LogP contribution in [0.4, 0.5) is 11.6 Å². The minimum atomic E-state index is 0.504. The van der Waals surface area contributed by atoms with E-state index in [0.717, 1.165) is 52.6 Å². The van der Waals surface area contributed by atoms with Gasteiger partial charge in [-0.05, 0) is 31.4 Å². The molecule has 0 bridgehead atoms. The molecular formula is C21H29N3O. The summed E-state index contributed by atoms with van der Waals surface area (Å²) in [4.78, 5) is 6.84. The summed E-state index contributed by atoms with van der Waals surface area (Å²) in [6.45, 7) is 11.7. The highest BCUT2D eigenvalue weighted by Crippen LogP contribution is 2.38. The van der Waals surface area contributed by atoms with Crippen LogP contribution >= 0.6 is 0 Å². The van der Waals surface area contributed by atoms with Crippen molar-refractivity contribution in [2.75, 3.05) is 30.9 Å². The molecule has 0 radical (unpaired) electrons. The van der Waals surface area contributed by atoms with E-state index in [0.29, 0.717) is 6.61 Å². The molecule has 1 heterocycles. The van der Waals surface area contributed by atoms with Crippen molar-refractivity contribution >= 4 is 17.2 Å². The average Bonchev–Trinajstić information content (AvgIpc) is 2.59. The molecule has 0 saturated carbocycles. The molecule has 0 aliphatic heterocycles. The number of hydrogen-bond donors (Lipinski definition) is 1. The molecule has 134 valence electrons. The summed E-state index contributed by atoms with van der Waals surface area (Å²) in [6, 6.07) is 10.2. The zero-order valence-corrected chi connectivity index (χ0v) is 16.0. The van der Waals surface area contributed by atoms with Crippen LogP contribution in [0.15, 0.2) is 36.9 Å². The Morgan fingerprint density at radius 1 is 1.24 bits per heavy atom. The first kappa shape index (κ1) is 18.8. The van der Waals surface area contributed by atoms with Crippen LogP contribution in [-0.4, -0.2) is 25.6 Å². The number of hydrogen-bond acceptors (Lipinski definition) is 4. The predicted molar refractivity (Wildman–Crippen MR) is 108 cm³/mol. The van der Waals surface area contributed by atoms with E-state index in [1.807, 2.05) is 44.1 Å². The highest BCUT2D eigenvalue weighted by atomic mass is 16.5. The van der Waals surface area contributed by atoms with Crippen LogP contribution in [0.25, 0.3) is 5.57 Å². The Balaban J connectivity index is 2.49. The fourth-order valence-electron chi connectivity index (χ4n) is 2.82. The summed E-state index contributed by atoms with van der Waals surface area (Å²) < 4.78 is 6.22. The van der Waals surface area contributed by atoms with Gasteiger partial charge in [0.15, 0.2) is 11.6 Å². The molecule has 1 aromatic heterocycles. The number of nitrogens with zero attached hydrogens (tertiary/aromatic N) is 2. The van der Waals surface area contributed by atoms with Crippen molar-refractivity contribution in [2.45, 2.75) is 33.8 Å². The lowest BCUT2D eigenvalue weighted by molar-refractivity contribution is 0.305. The zero-order valence-electron chi connectivity index (χ0n) is 16.0. The van der Waals surface area contributed by atoms with Gasteiger partial charge in [0.1, 0.15) is 12.4 Å². The Labute approximate surface area is 151 Å². The van der Waals surface area contributed by atoms with E-state index in [1.165, 1.54) is 0 Å². The van der Waals surface area contributed by atoms with Gasteiger partial charge in [-0.1, -0.05) is 43.8 Å². The number of pyridine rings is 1. The van der Waals surface area contributed by atoms with Crippen molar-refractivity contribution in [2.24, 2.45) is 0 Å². The van der Waals surface area contributed by atoms with E-state index in [9.17, 15) is 0 Å². The molecule has 1 N–H and O–H groups in total. The maximum atomic E-state index is 6.22. The fraction of sp³-hybridized carbons (Fsp3) is 0.381. The summed E-state index contributed by atoms with van der Waals surface area (Å²) in [5.74, 6) is 2.50. The van der Waals surface area contributed by atoms with Crippen molar-refractivity contribution in [1.82, 2.24) is 4.98 Å². The summed E-state index contributed by atoms with van der Waals surface area (Å²) in [5, 5.41) is 3.41. The van der Waals surface area contributed by atoms with Crippen molar-refractivity contribution in [3.8, 4) is 5.75 Å².